The van der Waals surface area contributed by atoms with Crippen molar-refractivity contribution in [3.8, 4) is 0 Å². The maximum atomic E-state index is 13.5. The minimum absolute atomic E-state index is 0.0529. The summed E-state index contributed by atoms with van der Waals surface area (Å²) in [6.07, 6.45) is 1.61. The predicted octanol–water partition coefficient (Wildman–Crippen LogP) is 3.81. The zero-order valence-electron chi connectivity index (χ0n) is 18.9. The fourth-order valence-corrected chi connectivity index (χ4v) is 4.09. The highest BCUT2D eigenvalue weighted by Crippen LogP contribution is 2.15. The monoisotopic (exact) mass is 467 g/mol. The van der Waals surface area contributed by atoms with Crippen molar-refractivity contribution in [2.24, 2.45) is 0 Å². The third kappa shape index (κ3) is 4.21. The molecule has 0 unspecified atom stereocenters. The molecule has 0 saturated carbocycles. The van der Waals surface area contributed by atoms with E-state index in [9.17, 15) is 14.0 Å². The molecule has 0 spiro atoms. The number of rotatable bonds is 5. The molecule has 7 nitrogen and oxygen atoms in total. The number of fused-ring (bicyclic) bond motifs is 2. The molecule has 0 radical (unpaired) electrons. The standard InChI is InChI=1S/C27H22FN5O2/c1-17(19-7-3-2-4-8-19)30-26(34)21-15-22-25(31-23-9-5-6-14-32(23)27(22)35)33(24(21)29)16-18-10-12-20(28)13-11-18/h2-15,17,29H,16H2,1H3,(H,30,34)/t17-/m0/s1. The van der Waals surface area contributed by atoms with E-state index in [0.717, 1.165) is 5.56 Å². The van der Waals surface area contributed by atoms with E-state index in [4.69, 9.17) is 5.41 Å². The van der Waals surface area contributed by atoms with Gasteiger partial charge in [-0.3, -0.25) is 19.4 Å². The van der Waals surface area contributed by atoms with Crippen molar-refractivity contribution in [2.75, 3.05) is 0 Å². The van der Waals surface area contributed by atoms with Gasteiger partial charge in [-0.15, -0.1) is 0 Å². The minimum Gasteiger partial charge on any atom is -0.345 e. The zero-order chi connectivity index (χ0) is 24.5. The van der Waals surface area contributed by atoms with E-state index in [1.54, 1.807) is 36.5 Å². The van der Waals surface area contributed by atoms with Gasteiger partial charge in [-0.2, -0.15) is 0 Å². The Hall–Kier alpha value is -4.59. The van der Waals surface area contributed by atoms with Crippen molar-refractivity contribution in [3.63, 3.8) is 0 Å². The molecule has 1 atom stereocenters. The third-order valence-corrected chi connectivity index (χ3v) is 5.96. The van der Waals surface area contributed by atoms with Gasteiger partial charge in [0.15, 0.2) is 0 Å². The molecule has 8 heteroatoms. The lowest BCUT2D eigenvalue weighted by Crippen LogP contribution is -2.36. The Kier molecular flexibility index (Phi) is 5.70. The summed E-state index contributed by atoms with van der Waals surface area (Å²) in [4.78, 5) is 31.3. The van der Waals surface area contributed by atoms with E-state index >= 15 is 0 Å². The summed E-state index contributed by atoms with van der Waals surface area (Å²) in [5, 5.41) is 12.0. The quantitative estimate of drug-likeness (QED) is 0.385. The molecule has 0 fully saturated rings. The van der Waals surface area contributed by atoms with Gasteiger partial charge in [-0.25, -0.2) is 9.37 Å². The molecule has 3 aromatic heterocycles. The van der Waals surface area contributed by atoms with Gasteiger partial charge < -0.3 is 9.88 Å². The van der Waals surface area contributed by atoms with Crippen molar-refractivity contribution in [2.45, 2.75) is 19.5 Å². The van der Waals surface area contributed by atoms with Crippen LogP contribution in [0, 0.1) is 11.2 Å². The summed E-state index contributed by atoms with van der Waals surface area (Å²) in [5.74, 6) is -0.848. The Labute approximate surface area is 199 Å². The van der Waals surface area contributed by atoms with Gasteiger partial charge in [-0.1, -0.05) is 48.5 Å². The summed E-state index contributed by atoms with van der Waals surface area (Å²) in [7, 11) is 0. The summed E-state index contributed by atoms with van der Waals surface area (Å²) in [6.45, 7) is 1.99. The molecule has 1 amide bonds. The van der Waals surface area contributed by atoms with Crippen molar-refractivity contribution >= 4 is 22.6 Å². The topological polar surface area (TPSA) is 92.2 Å². The Morgan fingerprint density at radius 2 is 1.77 bits per heavy atom. The van der Waals surface area contributed by atoms with Crippen LogP contribution in [0.4, 0.5) is 4.39 Å². The molecule has 174 valence electrons. The molecule has 0 aliphatic rings. The van der Waals surface area contributed by atoms with E-state index in [1.165, 1.54) is 27.2 Å². The number of aromatic nitrogens is 3. The van der Waals surface area contributed by atoms with Gasteiger partial charge in [0.25, 0.3) is 11.5 Å². The fourth-order valence-electron chi connectivity index (χ4n) is 4.09. The van der Waals surface area contributed by atoms with Crippen LogP contribution >= 0.6 is 0 Å². The molecule has 5 rings (SSSR count). The molecular formula is C27H22FN5O2. The molecule has 2 aromatic carbocycles. The average Bonchev–Trinajstić information content (AvgIpc) is 2.87. The second-order valence-electron chi connectivity index (χ2n) is 8.31. The maximum Gasteiger partial charge on any atom is 0.267 e. The van der Waals surface area contributed by atoms with Crippen LogP contribution in [0.15, 0.2) is 89.9 Å². The smallest absolute Gasteiger partial charge is 0.267 e. The van der Waals surface area contributed by atoms with Crippen LogP contribution in [-0.2, 0) is 6.54 Å². The van der Waals surface area contributed by atoms with Gasteiger partial charge in [0.05, 0.1) is 23.5 Å². The molecule has 3 heterocycles. The lowest BCUT2D eigenvalue weighted by Gasteiger charge is -2.17. The van der Waals surface area contributed by atoms with Gasteiger partial charge >= 0.3 is 0 Å². The summed E-state index contributed by atoms with van der Waals surface area (Å²) < 4.78 is 16.4. The summed E-state index contributed by atoms with van der Waals surface area (Å²) >= 11 is 0. The van der Waals surface area contributed by atoms with Crippen LogP contribution in [0.1, 0.15) is 34.5 Å². The molecule has 5 aromatic rings. The molecule has 35 heavy (non-hydrogen) atoms. The summed E-state index contributed by atoms with van der Waals surface area (Å²) in [6, 6.07) is 21.7. The van der Waals surface area contributed by atoms with Crippen LogP contribution in [0.2, 0.25) is 0 Å². The number of nitrogens with one attached hydrogen (secondary N) is 2. The SMILES string of the molecule is C[C@H](NC(=O)c1cc2c(=O)n3ccccc3nc2n(Cc2ccc(F)cc2)c1=N)c1ccccc1. The molecule has 0 aliphatic heterocycles. The Morgan fingerprint density at radius 1 is 1.06 bits per heavy atom. The van der Waals surface area contributed by atoms with Crippen molar-refractivity contribution in [1.82, 2.24) is 19.3 Å². The first-order valence-corrected chi connectivity index (χ1v) is 11.1. The molecule has 2 N–H and O–H groups in total. The average molecular weight is 468 g/mol. The lowest BCUT2D eigenvalue weighted by atomic mass is 10.1. The van der Waals surface area contributed by atoms with Crippen LogP contribution in [-0.4, -0.2) is 19.9 Å². The van der Waals surface area contributed by atoms with Crippen molar-refractivity contribution in [1.29, 1.82) is 5.41 Å². The zero-order valence-corrected chi connectivity index (χ0v) is 18.9. The number of benzene rings is 2. The summed E-state index contributed by atoms with van der Waals surface area (Å²) in [5.41, 5.74) is 1.94. The number of carbonyl (C=O) groups excluding carboxylic acids is 1. The number of amides is 1. The van der Waals surface area contributed by atoms with E-state index in [2.05, 4.69) is 10.3 Å². The van der Waals surface area contributed by atoms with Crippen molar-refractivity contribution < 1.29 is 9.18 Å². The van der Waals surface area contributed by atoms with Gasteiger partial charge in [0, 0.05) is 6.20 Å². The highest BCUT2D eigenvalue weighted by molar-refractivity contribution is 5.97. The number of hydrogen-bond donors (Lipinski definition) is 2. The first-order chi connectivity index (χ1) is 16.9. The Balaban J connectivity index is 1.68. The number of hydrogen-bond acceptors (Lipinski definition) is 4. The lowest BCUT2D eigenvalue weighted by molar-refractivity contribution is 0.0937. The highest BCUT2D eigenvalue weighted by atomic mass is 19.1. The predicted molar refractivity (Wildman–Crippen MR) is 131 cm³/mol. The first-order valence-electron chi connectivity index (χ1n) is 11.1. The van der Waals surface area contributed by atoms with Crippen LogP contribution in [0.5, 0.6) is 0 Å². The highest BCUT2D eigenvalue weighted by Gasteiger charge is 2.19. The normalized spacial score (nSPS) is 12.1. The van der Waals surface area contributed by atoms with Crippen LogP contribution in [0.25, 0.3) is 16.7 Å². The molecule has 0 bridgehead atoms. The largest absolute Gasteiger partial charge is 0.345 e. The number of carbonyl (C=O) groups is 1. The van der Waals surface area contributed by atoms with E-state index in [-0.39, 0.29) is 46.0 Å². The Morgan fingerprint density at radius 3 is 2.51 bits per heavy atom. The second-order valence-corrected chi connectivity index (χ2v) is 8.31. The second kappa shape index (κ2) is 8.98. The van der Waals surface area contributed by atoms with Crippen LogP contribution in [0.3, 0.4) is 0 Å². The minimum atomic E-state index is -0.473. The third-order valence-electron chi connectivity index (χ3n) is 5.96. The van der Waals surface area contributed by atoms with Crippen molar-refractivity contribution in [3.05, 3.63) is 123 Å². The molecular weight excluding hydrogens is 445 g/mol. The van der Waals surface area contributed by atoms with Gasteiger partial charge in [0.2, 0.25) is 0 Å². The number of pyridine rings is 2. The van der Waals surface area contributed by atoms with E-state index < -0.39 is 5.91 Å². The number of halogens is 1. The molecule has 0 saturated heterocycles. The van der Waals surface area contributed by atoms with E-state index in [0.29, 0.717) is 11.2 Å². The number of nitrogens with zero attached hydrogens (tertiary/aromatic N) is 3. The van der Waals surface area contributed by atoms with E-state index in [1.807, 2.05) is 37.3 Å². The van der Waals surface area contributed by atoms with Crippen LogP contribution < -0.4 is 16.4 Å². The first kappa shape index (κ1) is 22.2. The molecule has 0 aliphatic carbocycles. The Bertz CT molecular complexity index is 1670. The van der Waals surface area contributed by atoms with Gasteiger partial charge in [-0.05, 0) is 48.4 Å². The maximum absolute atomic E-state index is 13.5. The van der Waals surface area contributed by atoms with Gasteiger partial charge in [0.1, 0.15) is 22.6 Å². The fraction of sp³-hybridized carbons (Fsp3) is 0.111.